The first kappa shape index (κ1) is 19.6. The van der Waals surface area contributed by atoms with Crippen LogP contribution in [-0.2, 0) is 0 Å². The summed E-state index contributed by atoms with van der Waals surface area (Å²) in [5, 5.41) is 6.03. The zero-order chi connectivity index (χ0) is 20.3. The first-order chi connectivity index (χ1) is 13.4. The molecule has 0 saturated carbocycles. The molecular formula is C22H18ClFN2O2. The fourth-order valence-corrected chi connectivity index (χ4v) is 2.84. The van der Waals surface area contributed by atoms with Gasteiger partial charge in [0.1, 0.15) is 5.82 Å². The fourth-order valence-electron chi connectivity index (χ4n) is 2.67. The van der Waals surface area contributed by atoms with Gasteiger partial charge in [0.15, 0.2) is 0 Å². The third-order valence-electron chi connectivity index (χ3n) is 4.38. The SMILES string of the molecule is Cc1ccc(C(=O)Nc2cccc(Cl)c2C)cc1NC(=O)c1ccccc1F. The van der Waals surface area contributed by atoms with Crippen molar-refractivity contribution in [3.8, 4) is 0 Å². The minimum Gasteiger partial charge on any atom is -0.322 e. The van der Waals surface area contributed by atoms with Crippen molar-refractivity contribution in [1.29, 1.82) is 0 Å². The van der Waals surface area contributed by atoms with Crippen molar-refractivity contribution >= 4 is 34.8 Å². The van der Waals surface area contributed by atoms with Crippen LogP contribution >= 0.6 is 11.6 Å². The van der Waals surface area contributed by atoms with E-state index in [1.54, 1.807) is 49.4 Å². The first-order valence-corrected chi connectivity index (χ1v) is 8.97. The van der Waals surface area contributed by atoms with Crippen LogP contribution in [0.4, 0.5) is 15.8 Å². The second-order valence-electron chi connectivity index (χ2n) is 6.33. The lowest BCUT2D eigenvalue weighted by molar-refractivity contribution is 0.101. The minimum absolute atomic E-state index is 0.0636. The molecule has 4 nitrogen and oxygen atoms in total. The Morgan fingerprint density at radius 1 is 0.857 bits per heavy atom. The van der Waals surface area contributed by atoms with Crippen LogP contribution in [0.15, 0.2) is 60.7 Å². The number of rotatable bonds is 4. The van der Waals surface area contributed by atoms with Gasteiger partial charge in [-0.05, 0) is 61.4 Å². The van der Waals surface area contributed by atoms with E-state index in [-0.39, 0.29) is 11.5 Å². The third-order valence-corrected chi connectivity index (χ3v) is 4.79. The Labute approximate surface area is 167 Å². The van der Waals surface area contributed by atoms with Crippen molar-refractivity contribution in [1.82, 2.24) is 0 Å². The average molecular weight is 397 g/mol. The van der Waals surface area contributed by atoms with Gasteiger partial charge in [-0.2, -0.15) is 0 Å². The van der Waals surface area contributed by atoms with Crippen LogP contribution in [0.3, 0.4) is 0 Å². The molecule has 0 aromatic heterocycles. The highest BCUT2D eigenvalue weighted by Crippen LogP contribution is 2.24. The molecule has 142 valence electrons. The van der Waals surface area contributed by atoms with E-state index in [0.717, 1.165) is 11.1 Å². The number of carbonyl (C=O) groups is 2. The van der Waals surface area contributed by atoms with E-state index in [1.165, 1.54) is 18.2 Å². The number of halogens is 2. The Morgan fingerprint density at radius 3 is 2.32 bits per heavy atom. The largest absolute Gasteiger partial charge is 0.322 e. The van der Waals surface area contributed by atoms with Gasteiger partial charge in [0, 0.05) is 22.0 Å². The second-order valence-corrected chi connectivity index (χ2v) is 6.74. The van der Waals surface area contributed by atoms with E-state index in [4.69, 9.17) is 11.6 Å². The van der Waals surface area contributed by atoms with Gasteiger partial charge in [0.05, 0.1) is 5.56 Å². The van der Waals surface area contributed by atoms with Crippen molar-refractivity contribution < 1.29 is 14.0 Å². The Kier molecular flexibility index (Phi) is 5.76. The standard InChI is InChI=1S/C22H18ClFN2O2/c1-13-10-11-15(21(27)25-19-9-5-7-17(23)14(19)2)12-20(13)26-22(28)16-6-3-4-8-18(16)24/h3-12H,1-2H3,(H,25,27)(H,26,28). The lowest BCUT2D eigenvalue weighted by Crippen LogP contribution is -2.16. The molecule has 0 heterocycles. The molecule has 0 aliphatic heterocycles. The summed E-state index contributed by atoms with van der Waals surface area (Å²) < 4.78 is 13.8. The summed E-state index contributed by atoms with van der Waals surface area (Å²) >= 11 is 6.09. The maximum Gasteiger partial charge on any atom is 0.258 e. The van der Waals surface area contributed by atoms with Crippen LogP contribution in [0.1, 0.15) is 31.8 Å². The Hall–Kier alpha value is -3.18. The Morgan fingerprint density at radius 2 is 1.57 bits per heavy atom. The smallest absolute Gasteiger partial charge is 0.258 e. The molecule has 0 radical (unpaired) electrons. The predicted octanol–water partition coefficient (Wildman–Crippen LogP) is 5.60. The normalized spacial score (nSPS) is 10.4. The van der Waals surface area contributed by atoms with Gasteiger partial charge in [-0.3, -0.25) is 9.59 Å². The zero-order valence-electron chi connectivity index (χ0n) is 15.3. The quantitative estimate of drug-likeness (QED) is 0.603. The van der Waals surface area contributed by atoms with Crippen molar-refractivity contribution in [2.75, 3.05) is 10.6 Å². The molecule has 2 N–H and O–H groups in total. The molecule has 0 atom stereocenters. The van der Waals surface area contributed by atoms with E-state index in [2.05, 4.69) is 10.6 Å². The van der Waals surface area contributed by atoms with Crippen LogP contribution in [-0.4, -0.2) is 11.8 Å². The number of benzene rings is 3. The number of hydrogen-bond acceptors (Lipinski definition) is 2. The van der Waals surface area contributed by atoms with Crippen LogP contribution < -0.4 is 10.6 Å². The molecule has 0 saturated heterocycles. The number of nitrogens with one attached hydrogen (secondary N) is 2. The highest BCUT2D eigenvalue weighted by atomic mass is 35.5. The number of aryl methyl sites for hydroxylation is 1. The van der Waals surface area contributed by atoms with Crippen molar-refractivity contribution in [3.05, 3.63) is 93.8 Å². The van der Waals surface area contributed by atoms with Crippen molar-refractivity contribution in [2.45, 2.75) is 13.8 Å². The predicted molar refractivity (Wildman–Crippen MR) is 110 cm³/mol. The van der Waals surface area contributed by atoms with Gasteiger partial charge >= 0.3 is 0 Å². The fraction of sp³-hybridized carbons (Fsp3) is 0.0909. The van der Waals surface area contributed by atoms with E-state index >= 15 is 0 Å². The van der Waals surface area contributed by atoms with E-state index in [1.807, 2.05) is 6.92 Å². The van der Waals surface area contributed by atoms with Crippen LogP contribution in [0.5, 0.6) is 0 Å². The number of anilines is 2. The number of carbonyl (C=O) groups excluding carboxylic acids is 2. The van der Waals surface area contributed by atoms with Gasteiger partial charge in [0.2, 0.25) is 0 Å². The minimum atomic E-state index is -0.608. The molecule has 0 bridgehead atoms. The molecule has 28 heavy (non-hydrogen) atoms. The number of hydrogen-bond donors (Lipinski definition) is 2. The maximum atomic E-state index is 13.8. The third kappa shape index (κ3) is 4.21. The summed E-state index contributed by atoms with van der Waals surface area (Å²) in [4.78, 5) is 25.0. The molecular weight excluding hydrogens is 379 g/mol. The maximum absolute atomic E-state index is 13.8. The van der Waals surface area contributed by atoms with Gasteiger partial charge in [0.25, 0.3) is 11.8 Å². The zero-order valence-corrected chi connectivity index (χ0v) is 16.1. The van der Waals surface area contributed by atoms with Gasteiger partial charge in [-0.1, -0.05) is 35.9 Å². The summed E-state index contributed by atoms with van der Waals surface area (Å²) in [6.45, 7) is 3.60. The average Bonchev–Trinajstić information content (AvgIpc) is 2.67. The monoisotopic (exact) mass is 396 g/mol. The molecule has 3 aromatic rings. The lowest BCUT2D eigenvalue weighted by atomic mass is 10.1. The highest BCUT2D eigenvalue weighted by Gasteiger charge is 2.15. The first-order valence-electron chi connectivity index (χ1n) is 8.60. The molecule has 0 spiro atoms. The van der Waals surface area contributed by atoms with Gasteiger partial charge < -0.3 is 10.6 Å². The Balaban J connectivity index is 1.83. The lowest BCUT2D eigenvalue weighted by Gasteiger charge is -2.13. The summed E-state index contributed by atoms with van der Waals surface area (Å²) in [6, 6.07) is 15.9. The molecule has 6 heteroatoms. The van der Waals surface area contributed by atoms with E-state index in [9.17, 15) is 14.0 Å². The molecule has 3 aromatic carbocycles. The molecule has 0 aliphatic rings. The van der Waals surface area contributed by atoms with Gasteiger partial charge in [-0.25, -0.2) is 4.39 Å². The van der Waals surface area contributed by atoms with Crippen LogP contribution in [0.2, 0.25) is 5.02 Å². The Bertz CT molecular complexity index is 1070. The second kappa shape index (κ2) is 8.23. The topological polar surface area (TPSA) is 58.2 Å². The summed E-state index contributed by atoms with van der Waals surface area (Å²) in [5.74, 6) is -1.53. The molecule has 0 aliphatic carbocycles. The van der Waals surface area contributed by atoms with Crippen molar-refractivity contribution in [3.63, 3.8) is 0 Å². The number of amides is 2. The van der Waals surface area contributed by atoms with E-state index in [0.29, 0.717) is 22.0 Å². The summed E-state index contributed by atoms with van der Waals surface area (Å²) in [6.07, 6.45) is 0. The molecule has 0 unspecified atom stereocenters. The molecule has 3 rings (SSSR count). The molecule has 0 fully saturated rings. The van der Waals surface area contributed by atoms with Crippen molar-refractivity contribution in [2.24, 2.45) is 0 Å². The van der Waals surface area contributed by atoms with Crippen LogP contribution in [0.25, 0.3) is 0 Å². The van der Waals surface area contributed by atoms with Gasteiger partial charge in [-0.15, -0.1) is 0 Å². The van der Waals surface area contributed by atoms with E-state index < -0.39 is 11.7 Å². The highest BCUT2D eigenvalue weighted by molar-refractivity contribution is 6.31. The summed E-state index contributed by atoms with van der Waals surface area (Å²) in [7, 11) is 0. The van der Waals surface area contributed by atoms with Crippen LogP contribution in [0, 0.1) is 19.7 Å². The summed E-state index contributed by atoms with van der Waals surface area (Å²) in [5.41, 5.74) is 2.84. The molecule has 2 amide bonds.